The van der Waals surface area contributed by atoms with Crippen molar-refractivity contribution in [2.45, 2.75) is 12.0 Å². The van der Waals surface area contributed by atoms with Gasteiger partial charge in [-0.25, -0.2) is 9.97 Å². The molecule has 0 radical (unpaired) electrons. The summed E-state index contributed by atoms with van der Waals surface area (Å²) in [5.41, 5.74) is 7.33. The zero-order valence-corrected chi connectivity index (χ0v) is 14.8. The van der Waals surface area contributed by atoms with Gasteiger partial charge in [-0.05, 0) is 18.6 Å². The van der Waals surface area contributed by atoms with Crippen LogP contribution in [-0.2, 0) is 0 Å². The molecule has 3 aromatic rings. The standard InChI is InChI=1S/C18H19ClN6O/c19-13-8-21-15-14(13)16(24-11-23-15)25-7-6-18(20,10-25)9-22-17(26)12-4-2-1-3-5-12/h1-5,8,11H,6-7,9-10,20H2,(H,22,26)(H,21,23,24)/t18-/m0/s1. The highest BCUT2D eigenvalue weighted by molar-refractivity contribution is 6.36. The van der Waals surface area contributed by atoms with Crippen LogP contribution in [0.2, 0.25) is 5.02 Å². The number of H-pyrrole nitrogens is 1. The molecule has 0 aliphatic carbocycles. The largest absolute Gasteiger partial charge is 0.354 e. The molecule has 1 amide bonds. The fourth-order valence-electron chi connectivity index (χ4n) is 3.32. The van der Waals surface area contributed by atoms with Gasteiger partial charge in [-0.15, -0.1) is 0 Å². The van der Waals surface area contributed by atoms with Crippen molar-refractivity contribution in [3.05, 3.63) is 53.4 Å². The molecule has 0 spiro atoms. The molecule has 4 rings (SSSR count). The zero-order valence-electron chi connectivity index (χ0n) is 14.1. The van der Waals surface area contributed by atoms with Crippen LogP contribution in [-0.4, -0.2) is 46.0 Å². The van der Waals surface area contributed by atoms with E-state index >= 15 is 0 Å². The van der Waals surface area contributed by atoms with Crippen LogP contribution >= 0.6 is 11.6 Å². The number of rotatable bonds is 4. The Morgan fingerprint density at radius 3 is 2.96 bits per heavy atom. The van der Waals surface area contributed by atoms with Crippen molar-refractivity contribution < 1.29 is 4.79 Å². The number of halogens is 1. The lowest BCUT2D eigenvalue weighted by molar-refractivity contribution is 0.0945. The van der Waals surface area contributed by atoms with Crippen molar-refractivity contribution in [2.24, 2.45) is 5.73 Å². The smallest absolute Gasteiger partial charge is 0.251 e. The van der Waals surface area contributed by atoms with E-state index in [9.17, 15) is 4.79 Å². The Balaban J connectivity index is 1.47. The van der Waals surface area contributed by atoms with Crippen LogP contribution in [0.25, 0.3) is 11.0 Å². The molecule has 8 heteroatoms. The fraction of sp³-hybridized carbons (Fsp3) is 0.278. The summed E-state index contributed by atoms with van der Waals surface area (Å²) in [5.74, 6) is 0.648. The summed E-state index contributed by atoms with van der Waals surface area (Å²) in [6.07, 6.45) is 3.96. The monoisotopic (exact) mass is 370 g/mol. The lowest BCUT2D eigenvalue weighted by atomic mass is 10.00. The molecule has 26 heavy (non-hydrogen) atoms. The van der Waals surface area contributed by atoms with Crippen molar-refractivity contribution in [2.75, 3.05) is 24.5 Å². The van der Waals surface area contributed by atoms with E-state index in [1.807, 2.05) is 18.2 Å². The van der Waals surface area contributed by atoms with E-state index in [-0.39, 0.29) is 5.91 Å². The highest BCUT2D eigenvalue weighted by atomic mass is 35.5. The highest BCUT2D eigenvalue weighted by Gasteiger charge is 2.36. The van der Waals surface area contributed by atoms with Crippen molar-refractivity contribution in [3.8, 4) is 0 Å². The number of nitrogens with one attached hydrogen (secondary N) is 2. The topological polar surface area (TPSA) is 99.9 Å². The molecule has 0 bridgehead atoms. The molecule has 2 aromatic heterocycles. The summed E-state index contributed by atoms with van der Waals surface area (Å²) in [6.45, 7) is 1.72. The predicted octanol–water partition coefficient (Wildman–Crippen LogP) is 1.95. The van der Waals surface area contributed by atoms with Gasteiger partial charge in [-0.1, -0.05) is 29.8 Å². The predicted molar refractivity (Wildman–Crippen MR) is 101 cm³/mol. The number of nitrogens with zero attached hydrogens (tertiary/aromatic N) is 3. The number of aromatic amines is 1. The van der Waals surface area contributed by atoms with Gasteiger partial charge in [-0.3, -0.25) is 4.79 Å². The van der Waals surface area contributed by atoms with Crippen LogP contribution in [0.4, 0.5) is 5.82 Å². The Morgan fingerprint density at radius 2 is 2.15 bits per heavy atom. The Morgan fingerprint density at radius 1 is 1.35 bits per heavy atom. The first-order chi connectivity index (χ1) is 12.6. The third-order valence-electron chi connectivity index (χ3n) is 4.72. The van der Waals surface area contributed by atoms with E-state index in [0.717, 1.165) is 24.2 Å². The molecule has 0 unspecified atom stereocenters. The third kappa shape index (κ3) is 3.11. The number of aromatic nitrogens is 3. The molecule has 1 aliphatic rings. The number of amides is 1. The second-order valence-corrected chi connectivity index (χ2v) is 7.05. The summed E-state index contributed by atoms with van der Waals surface area (Å²) < 4.78 is 0. The van der Waals surface area contributed by atoms with Crippen molar-refractivity contribution in [1.82, 2.24) is 20.3 Å². The van der Waals surface area contributed by atoms with Gasteiger partial charge in [-0.2, -0.15) is 0 Å². The number of benzene rings is 1. The Kier molecular flexibility index (Phi) is 4.26. The summed E-state index contributed by atoms with van der Waals surface area (Å²) in [6, 6.07) is 9.12. The summed E-state index contributed by atoms with van der Waals surface area (Å²) in [4.78, 5) is 26.0. The minimum Gasteiger partial charge on any atom is -0.354 e. The van der Waals surface area contributed by atoms with Crippen LogP contribution in [0.5, 0.6) is 0 Å². The molecule has 4 N–H and O–H groups in total. The Labute approximate surface area is 155 Å². The molecule has 1 fully saturated rings. The van der Waals surface area contributed by atoms with Crippen LogP contribution in [0.3, 0.4) is 0 Å². The molecule has 3 heterocycles. The minimum absolute atomic E-state index is 0.119. The Bertz CT molecular complexity index is 943. The van der Waals surface area contributed by atoms with Crippen LogP contribution in [0, 0.1) is 0 Å². The number of anilines is 1. The van der Waals surface area contributed by atoms with Gasteiger partial charge in [0.15, 0.2) is 0 Å². The first-order valence-electron chi connectivity index (χ1n) is 8.40. The molecule has 134 valence electrons. The van der Waals surface area contributed by atoms with Crippen LogP contribution in [0.15, 0.2) is 42.9 Å². The summed E-state index contributed by atoms with van der Waals surface area (Å²) in [5, 5.41) is 4.32. The average Bonchev–Trinajstić information content (AvgIpc) is 3.24. The van der Waals surface area contributed by atoms with E-state index < -0.39 is 5.54 Å². The second-order valence-electron chi connectivity index (χ2n) is 6.64. The molecule has 1 saturated heterocycles. The number of nitrogens with two attached hydrogens (primary N) is 1. The van der Waals surface area contributed by atoms with Gasteiger partial charge in [0.1, 0.15) is 17.8 Å². The van der Waals surface area contributed by atoms with E-state index in [1.54, 1.807) is 18.3 Å². The van der Waals surface area contributed by atoms with Crippen molar-refractivity contribution >= 4 is 34.4 Å². The molecular formula is C18H19ClN6O. The maximum absolute atomic E-state index is 12.3. The van der Waals surface area contributed by atoms with E-state index in [4.69, 9.17) is 17.3 Å². The minimum atomic E-state index is -0.523. The first-order valence-corrected chi connectivity index (χ1v) is 8.78. The first kappa shape index (κ1) is 16.8. The normalized spacial score (nSPS) is 19.8. The second kappa shape index (κ2) is 6.59. The van der Waals surface area contributed by atoms with E-state index in [0.29, 0.717) is 29.3 Å². The number of hydrogen-bond donors (Lipinski definition) is 3. The van der Waals surface area contributed by atoms with Crippen LogP contribution in [0.1, 0.15) is 16.8 Å². The highest BCUT2D eigenvalue weighted by Crippen LogP contribution is 2.32. The number of fused-ring (bicyclic) bond motifs is 1. The lowest BCUT2D eigenvalue weighted by Crippen LogP contribution is -2.52. The zero-order chi connectivity index (χ0) is 18.1. The summed E-state index contributed by atoms with van der Waals surface area (Å²) >= 11 is 6.27. The maximum atomic E-state index is 12.3. The van der Waals surface area contributed by atoms with Gasteiger partial charge < -0.3 is 20.9 Å². The van der Waals surface area contributed by atoms with Crippen molar-refractivity contribution in [1.29, 1.82) is 0 Å². The summed E-state index contributed by atoms with van der Waals surface area (Å²) in [7, 11) is 0. The third-order valence-corrected chi connectivity index (χ3v) is 5.02. The molecule has 0 saturated carbocycles. The maximum Gasteiger partial charge on any atom is 0.251 e. The SMILES string of the molecule is N[C@]1(CNC(=O)c2ccccc2)CCN(c2ncnc3[nH]cc(Cl)c23)C1. The van der Waals surface area contributed by atoms with E-state index in [2.05, 4.69) is 25.2 Å². The Hall–Kier alpha value is -2.64. The quantitative estimate of drug-likeness (QED) is 0.651. The van der Waals surface area contributed by atoms with Crippen LogP contribution < -0.4 is 16.0 Å². The fourth-order valence-corrected chi connectivity index (χ4v) is 3.55. The molecular weight excluding hydrogens is 352 g/mol. The molecule has 1 aliphatic heterocycles. The number of hydrogen-bond acceptors (Lipinski definition) is 5. The number of carbonyl (C=O) groups excluding carboxylic acids is 1. The van der Waals surface area contributed by atoms with Gasteiger partial charge in [0.05, 0.1) is 15.9 Å². The molecule has 7 nitrogen and oxygen atoms in total. The van der Waals surface area contributed by atoms with E-state index in [1.165, 1.54) is 6.33 Å². The number of carbonyl (C=O) groups is 1. The van der Waals surface area contributed by atoms with Gasteiger partial charge in [0.2, 0.25) is 0 Å². The van der Waals surface area contributed by atoms with Crippen molar-refractivity contribution in [3.63, 3.8) is 0 Å². The van der Waals surface area contributed by atoms with Gasteiger partial charge in [0.25, 0.3) is 5.91 Å². The molecule has 1 aromatic carbocycles. The van der Waals surface area contributed by atoms with Gasteiger partial charge >= 0.3 is 0 Å². The van der Waals surface area contributed by atoms with Gasteiger partial charge in [0, 0.05) is 31.4 Å². The average molecular weight is 371 g/mol. The lowest BCUT2D eigenvalue weighted by Gasteiger charge is -2.25. The molecule has 1 atom stereocenters.